The number of carbonyl (C=O) groups is 1. The molecule has 2 aromatic heterocycles. The molecule has 4 heteroatoms. The molecule has 0 saturated heterocycles. The first-order valence-corrected chi connectivity index (χ1v) is 5.78. The first kappa shape index (κ1) is 9.43. The van der Waals surface area contributed by atoms with Gasteiger partial charge in [-0.15, -0.1) is 22.7 Å². The summed E-state index contributed by atoms with van der Waals surface area (Å²) in [5, 5.41) is 3.90. The molecule has 0 atom stereocenters. The molecule has 0 unspecified atom stereocenters. The summed E-state index contributed by atoms with van der Waals surface area (Å²) in [4.78, 5) is 13.2. The fraction of sp³-hybridized carbons (Fsp3) is 0.100. The standard InChI is InChI=1S/C10H8O2S2/c1-12-10(11)9-7(4-6-14-9)8-3-2-5-13-8/h2-6H,1H3. The predicted octanol–water partition coefficient (Wildman–Crippen LogP) is 3.26. The number of hydrogen-bond acceptors (Lipinski definition) is 4. The molecule has 0 N–H and O–H groups in total. The van der Waals surface area contributed by atoms with Crippen LogP contribution >= 0.6 is 22.7 Å². The number of esters is 1. The second-order valence-corrected chi connectivity index (χ2v) is 4.50. The van der Waals surface area contributed by atoms with Gasteiger partial charge in [0.2, 0.25) is 0 Å². The third kappa shape index (κ3) is 1.58. The maximum Gasteiger partial charge on any atom is 0.348 e. The van der Waals surface area contributed by atoms with Crippen LogP contribution in [0.15, 0.2) is 29.0 Å². The van der Waals surface area contributed by atoms with E-state index >= 15 is 0 Å². The first-order valence-electron chi connectivity index (χ1n) is 4.02. The molecule has 2 rings (SSSR count). The van der Waals surface area contributed by atoms with Gasteiger partial charge in [0.25, 0.3) is 0 Å². The molecule has 0 amide bonds. The van der Waals surface area contributed by atoms with Crippen LogP contribution in [0.5, 0.6) is 0 Å². The Morgan fingerprint density at radius 2 is 2.14 bits per heavy atom. The van der Waals surface area contributed by atoms with E-state index in [4.69, 9.17) is 4.74 Å². The summed E-state index contributed by atoms with van der Waals surface area (Å²) in [5.41, 5.74) is 0.969. The Morgan fingerprint density at radius 3 is 2.79 bits per heavy atom. The largest absolute Gasteiger partial charge is 0.465 e. The van der Waals surface area contributed by atoms with Crippen molar-refractivity contribution in [3.63, 3.8) is 0 Å². The maximum absolute atomic E-state index is 11.4. The second-order valence-electron chi connectivity index (χ2n) is 2.63. The monoisotopic (exact) mass is 224 g/mol. The molecular formula is C10H8O2S2. The highest BCUT2D eigenvalue weighted by Gasteiger charge is 2.14. The van der Waals surface area contributed by atoms with Gasteiger partial charge in [0.15, 0.2) is 0 Å². The van der Waals surface area contributed by atoms with Gasteiger partial charge in [-0.2, -0.15) is 0 Å². The van der Waals surface area contributed by atoms with E-state index in [0.717, 1.165) is 10.4 Å². The van der Waals surface area contributed by atoms with Crippen LogP contribution in [0.25, 0.3) is 10.4 Å². The highest BCUT2D eigenvalue weighted by molar-refractivity contribution is 7.15. The minimum absolute atomic E-state index is 0.261. The van der Waals surface area contributed by atoms with Crippen LogP contribution in [-0.4, -0.2) is 13.1 Å². The van der Waals surface area contributed by atoms with Gasteiger partial charge in [0, 0.05) is 10.4 Å². The van der Waals surface area contributed by atoms with E-state index in [-0.39, 0.29) is 5.97 Å². The highest BCUT2D eigenvalue weighted by Crippen LogP contribution is 2.31. The van der Waals surface area contributed by atoms with E-state index in [0.29, 0.717) is 4.88 Å². The smallest absolute Gasteiger partial charge is 0.348 e. The predicted molar refractivity (Wildman–Crippen MR) is 59.0 cm³/mol. The summed E-state index contributed by atoms with van der Waals surface area (Å²) in [6.07, 6.45) is 0. The third-order valence-corrected chi connectivity index (χ3v) is 3.62. The molecule has 0 saturated carbocycles. The summed E-state index contributed by atoms with van der Waals surface area (Å²) in [7, 11) is 1.40. The van der Waals surface area contributed by atoms with Gasteiger partial charge in [-0.1, -0.05) is 6.07 Å². The van der Waals surface area contributed by atoms with E-state index < -0.39 is 0 Å². The molecule has 0 radical (unpaired) electrons. The minimum Gasteiger partial charge on any atom is -0.465 e. The van der Waals surface area contributed by atoms with Crippen molar-refractivity contribution in [2.24, 2.45) is 0 Å². The number of methoxy groups -OCH3 is 1. The Morgan fingerprint density at radius 1 is 1.29 bits per heavy atom. The zero-order chi connectivity index (χ0) is 9.97. The van der Waals surface area contributed by atoms with Crippen LogP contribution in [0.4, 0.5) is 0 Å². The lowest BCUT2D eigenvalue weighted by Crippen LogP contribution is -1.99. The zero-order valence-corrected chi connectivity index (χ0v) is 9.15. The van der Waals surface area contributed by atoms with Gasteiger partial charge in [0.1, 0.15) is 4.88 Å². The van der Waals surface area contributed by atoms with Crippen molar-refractivity contribution in [1.82, 2.24) is 0 Å². The molecule has 0 aliphatic rings. The molecule has 72 valence electrons. The topological polar surface area (TPSA) is 26.3 Å². The van der Waals surface area contributed by atoms with Gasteiger partial charge in [-0.3, -0.25) is 0 Å². The number of ether oxygens (including phenoxy) is 1. The van der Waals surface area contributed by atoms with Gasteiger partial charge < -0.3 is 4.74 Å². The van der Waals surface area contributed by atoms with E-state index in [9.17, 15) is 4.79 Å². The van der Waals surface area contributed by atoms with Gasteiger partial charge in [-0.05, 0) is 22.9 Å². The molecular weight excluding hydrogens is 216 g/mol. The molecule has 0 aliphatic carbocycles. The molecule has 0 fully saturated rings. The van der Waals surface area contributed by atoms with Crippen molar-refractivity contribution in [2.75, 3.05) is 7.11 Å². The van der Waals surface area contributed by atoms with E-state index in [2.05, 4.69) is 0 Å². The molecule has 0 bridgehead atoms. The van der Waals surface area contributed by atoms with E-state index in [1.54, 1.807) is 11.3 Å². The van der Waals surface area contributed by atoms with Gasteiger partial charge in [0.05, 0.1) is 7.11 Å². The number of hydrogen-bond donors (Lipinski definition) is 0. The first-order chi connectivity index (χ1) is 6.83. The van der Waals surface area contributed by atoms with Crippen molar-refractivity contribution < 1.29 is 9.53 Å². The molecule has 0 aliphatic heterocycles. The van der Waals surface area contributed by atoms with Crippen LogP contribution in [0, 0.1) is 0 Å². The van der Waals surface area contributed by atoms with Gasteiger partial charge in [-0.25, -0.2) is 4.79 Å². The lowest BCUT2D eigenvalue weighted by Gasteiger charge is -1.98. The molecule has 2 heterocycles. The Bertz CT molecular complexity index is 429. The van der Waals surface area contributed by atoms with Crippen LogP contribution < -0.4 is 0 Å². The fourth-order valence-electron chi connectivity index (χ4n) is 1.19. The van der Waals surface area contributed by atoms with Crippen molar-refractivity contribution >= 4 is 28.6 Å². The Hall–Kier alpha value is -1.13. The Balaban J connectivity index is 2.45. The lowest BCUT2D eigenvalue weighted by molar-refractivity contribution is 0.0607. The van der Waals surface area contributed by atoms with Crippen LogP contribution in [0.2, 0.25) is 0 Å². The molecule has 14 heavy (non-hydrogen) atoms. The van der Waals surface area contributed by atoms with Crippen molar-refractivity contribution in [2.45, 2.75) is 0 Å². The molecule has 0 spiro atoms. The SMILES string of the molecule is COC(=O)c1sccc1-c1cccs1. The summed E-state index contributed by atoms with van der Waals surface area (Å²) in [6, 6.07) is 5.92. The van der Waals surface area contributed by atoms with E-state index in [1.807, 2.05) is 29.0 Å². The van der Waals surface area contributed by atoms with E-state index in [1.165, 1.54) is 18.4 Å². The van der Waals surface area contributed by atoms with Crippen molar-refractivity contribution in [1.29, 1.82) is 0 Å². The quantitative estimate of drug-likeness (QED) is 0.732. The van der Waals surface area contributed by atoms with Crippen LogP contribution in [0.1, 0.15) is 9.67 Å². The minimum atomic E-state index is -0.261. The third-order valence-electron chi connectivity index (χ3n) is 1.82. The summed E-state index contributed by atoms with van der Waals surface area (Å²) in [5.74, 6) is -0.261. The summed E-state index contributed by atoms with van der Waals surface area (Å²) in [6.45, 7) is 0. The zero-order valence-electron chi connectivity index (χ0n) is 7.52. The number of thiophene rings is 2. The second kappa shape index (κ2) is 3.94. The van der Waals surface area contributed by atoms with Gasteiger partial charge >= 0.3 is 5.97 Å². The number of rotatable bonds is 2. The molecule has 2 aromatic rings. The summed E-state index contributed by atoms with van der Waals surface area (Å²) < 4.78 is 4.71. The van der Waals surface area contributed by atoms with Crippen LogP contribution in [-0.2, 0) is 4.74 Å². The van der Waals surface area contributed by atoms with Crippen molar-refractivity contribution in [3.8, 4) is 10.4 Å². The highest BCUT2D eigenvalue weighted by atomic mass is 32.1. The van der Waals surface area contributed by atoms with Crippen molar-refractivity contribution in [3.05, 3.63) is 33.8 Å². The maximum atomic E-state index is 11.4. The normalized spacial score (nSPS) is 10.1. The average Bonchev–Trinajstić information content (AvgIpc) is 2.85. The summed E-state index contributed by atoms with van der Waals surface area (Å²) >= 11 is 3.03. The average molecular weight is 224 g/mol. The number of carbonyl (C=O) groups excluding carboxylic acids is 1. The Labute approximate surface area is 89.8 Å². The molecule has 2 nitrogen and oxygen atoms in total. The molecule has 0 aromatic carbocycles. The fourth-order valence-corrected chi connectivity index (χ4v) is 2.83. The Kier molecular flexibility index (Phi) is 2.65. The lowest BCUT2D eigenvalue weighted by atomic mass is 10.2. The van der Waals surface area contributed by atoms with Crippen LogP contribution in [0.3, 0.4) is 0 Å².